The average Bonchev–Trinajstić information content (AvgIpc) is 2.83. The Balaban J connectivity index is 1.85. The number of aromatic nitrogens is 1. The Kier molecular flexibility index (Phi) is 6.55. The van der Waals surface area contributed by atoms with Crippen molar-refractivity contribution in [3.05, 3.63) is 47.9 Å². The van der Waals surface area contributed by atoms with E-state index in [1.165, 1.54) is 33.5 Å². The van der Waals surface area contributed by atoms with E-state index in [1.807, 2.05) is 11.8 Å². The lowest BCUT2D eigenvalue weighted by Crippen LogP contribution is -2.38. The first-order chi connectivity index (χ1) is 15.5. The van der Waals surface area contributed by atoms with E-state index in [4.69, 9.17) is 14.2 Å². The summed E-state index contributed by atoms with van der Waals surface area (Å²) in [5.74, 6) is 2.59. The highest BCUT2D eigenvalue weighted by Gasteiger charge is 2.24. The molecule has 9 heteroatoms. The number of nitrogens with one attached hydrogen (secondary N) is 1. The van der Waals surface area contributed by atoms with Gasteiger partial charge in [-0.05, 0) is 18.2 Å². The predicted molar refractivity (Wildman–Crippen MR) is 124 cm³/mol. The number of fused-ring (bicyclic) bond motifs is 1. The SMILES string of the molecule is COc1cc(Nc2c(C(=O)N3CCSCC3)cnc3ccc(F)cc23)cc(OC)c1OC. The molecule has 0 unspecified atom stereocenters. The Morgan fingerprint density at radius 3 is 2.38 bits per heavy atom. The summed E-state index contributed by atoms with van der Waals surface area (Å²) in [5.41, 5.74) is 2.03. The number of methoxy groups -OCH3 is 3. The van der Waals surface area contributed by atoms with Crippen LogP contribution in [-0.4, -0.2) is 61.7 Å². The number of anilines is 2. The molecule has 0 radical (unpaired) electrons. The number of hydrogen-bond donors (Lipinski definition) is 1. The van der Waals surface area contributed by atoms with Crippen molar-refractivity contribution in [2.24, 2.45) is 0 Å². The second kappa shape index (κ2) is 9.52. The molecule has 1 aromatic heterocycles. The van der Waals surface area contributed by atoms with E-state index in [-0.39, 0.29) is 5.91 Å². The van der Waals surface area contributed by atoms with Gasteiger partial charge in [0.2, 0.25) is 5.75 Å². The monoisotopic (exact) mass is 457 g/mol. The maximum Gasteiger partial charge on any atom is 0.257 e. The summed E-state index contributed by atoms with van der Waals surface area (Å²) in [7, 11) is 4.59. The quantitative estimate of drug-likeness (QED) is 0.591. The molecule has 2 aromatic carbocycles. The fraction of sp³-hybridized carbons (Fsp3) is 0.304. The second-order valence-corrected chi connectivity index (χ2v) is 8.38. The fourth-order valence-corrected chi connectivity index (χ4v) is 4.60. The molecule has 32 heavy (non-hydrogen) atoms. The van der Waals surface area contributed by atoms with Gasteiger partial charge in [-0.3, -0.25) is 9.78 Å². The molecule has 3 aromatic rings. The number of hydrogen-bond acceptors (Lipinski definition) is 7. The molecule has 0 atom stereocenters. The van der Waals surface area contributed by atoms with E-state index in [0.29, 0.717) is 58.2 Å². The Labute approximate surface area is 189 Å². The molecule has 0 bridgehead atoms. The highest BCUT2D eigenvalue weighted by Crippen LogP contribution is 2.41. The van der Waals surface area contributed by atoms with Crippen LogP contribution in [0.4, 0.5) is 15.8 Å². The first kappa shape index (κ1) is 22.0. The van der Waals surface area contributed by atoms with Crippen LogP contribution < -0.4 is 19.5 Å². The molecular weight excluding hydrogens is 433 g/mol. The lowest BCUT2D eigenvalue weighted by molar-refractivity contribution is 0.0773. The number of rotatable bonds is 6. The number of halogens is 1. The number of carbonyl (C=O) groups is 1. The van der Waals surface area contributed by atoms with Gasteiger partial charge < -0.3 is 24.4 Å². The highest BCUT2D eigenvalue weighted by atomic mass is 32.2. The first-order valence-electron chi connectivity index (χ1n) is 10.1. The van der Waals surface area contributed by atoms with E-state index >= 15 is 0 Å². The fourth-order valence-electron chi connectivity index (χ4n) is 3.70. The number of nitrogens with zero attached hydrogens (tertiary/aromatic N) is 2. The Hall–Kier alpha value is -3.20. The number of amides is 1. The Bertz CT molecular complexity index is 1130. The third kappa shape index (κ3) is 4.25. The standard InChI is InChI=1S/C23H24FN3O4S/c1-29-19-11-15(12-20(30-2)22(19)31-3)26-21-16-10-14(24)4-5-18(16)25-13-17(21)23(28)27-6-8-32-9-7-27/h4-5,10-13H,6-9H2,1-3H3,(H,25,26). The Morgan fingerprint density at radius 2 is 1.75 bits per heavy atom. The molecule has 1 aliphatic heterocycles. The van der Waals surface area contributed by atoms with Gasteiger partial charge in [-0.15, -0.1) is 0 Å². The largest absolute Gasteiger partial charge is 0.493 e. The summed E-state index contributed by atoms with van der Waals surface area (Å²) in [4.78, 5) is 19.6. The van der Waals surface area contributed by atoms with Gasteiger partial charge in [0, 0.05) is 54.0 Å². The first-order valence-corrected chi connectivity index (χ1v) is 11.2. The zero-order valence-electron chi connectivity index (χ0n) is 18.1. The van der Waals surface area contributed by atoms with E-state index in [0.717, 1.165) is 11.5 Å². The maximum absolute atomic E-state index is 14.2. The van der Waals surface area contributed by atoms with Crippen LogP contribution >= 0.6 is 11.8 Å². The summed E-state index contributed by atoms with van der Waals surface area (Å²) in [6, 6.07) is 7.79. The van der Waals surface area contributed by atoms with Crippen LogP contribution in [0.3, 0.4) is 0 Å². The molecule has 0 saturated carbocycles. The van der Waals surface area contributed by atoms with Gasteiger partial charge in [0.15, 0.2) is 11.5 Å². The Morgan fingerprint density at radius 1 is 1.06 bits per heavy atom. The summed E-state index contributed by atoms with van der Waals surface area (Å²) < 4.78 is 30.4. The third-order valence-corrected chi connectivity index (χ3v) is 6.24. The van der Waals surface area contributed by atoms with Crippen molar-refractivity contribution in [1.29, 1.82) is 0 Å². The van der Waals surface area contributed by atoms with Gasteiger partial charge in [-0.1, -0.05) is 0 Å². The molecular formula is C23H24FN3O4S. The van der Waals surface area contributed by atoms with E-state index in [1.54, 1.807) is 29.3 Å². The van der Waals surface area contributed by atoms with Crippen molar-refractivity contribution >= 4 is 39.9 Å². The molecule has 168 valence electrons. The van der Waals surface area contributed by atoms with Crippen LogP contribution in [0.25, 0.3) is 10.9 Å². The molecule has 7 nitrogen and oxygen atoms in total. The molecule has 0 spiro atoms. The average molecular weight is 458 g/mol. The zero-order valence-corrected chi connectivity index (χ0v) is 18.9. The van der Waals surface area contributed by atoms with Crippen LogP contribution in [0, 0.1) is 5.82 Å². The molecule has 1 saturated heterocycles. The van der Waals surface area contributed by atoms with Crippen molar-refractivity contribution in [2.75, 3.05) is 51.2 Å². The summed E-state index contributed by atoms with van der Waals surface area (Å²) in [5, 5.41) is 3.80. The van der Waals surface area contributed by atoms with Gasteiger partial charge in [0.05, 0.1) is 38.1 Å². The number of carbonyl (C=O) groups excluding carboxylic acids is 1. The molecule has 1 fully saturated rings. The van der Waals surface area contributed by atoms with Crippen LogP contribution in [0.5, 0.6) is 17.2 Å². The van der Waals surface area contributed by atoms with E-state index < -0.39 is 5.82 Å². The topological polar surface area (TPSA) is 72.9 Å². The molecule has 4 rings (SSSR count). The van der Waals surface area contributed by atoms with Gasteiger partial charge in [-0.25, -0.2) is 4.39 Å². The lowest BCUT2D eigenvalue weighted by atomic mass is 10.1. The van der Waals surface area contributed by atoms with Gasteiger partial charge in [0.25, 0.3) is 5.91 Å². The minimum absolute atomic E-state index is 0.140. The second-order valence-electron chi connectivity index (χ2n) is 7.15. The zero-order chi connectivity index (χ0) is 22.7. The van der Waals surface area contributed by atoms with E-state index in [9.17, 15) is 9.18 Å². The molecule has 2 heterocycles. The van der Waals surface area contributed by atoms with Crippen molar-refractivity contribution < 1.29 is 23.4 Å². The van der Waals surface area contributed by atoms with Crippen LogP contribution in [0.2, 0.25) is 0 Å². The molecule has 1 N–H and O–H groups in total. The van der Waals surface area contributed by atoms with Crippen LogP contribution in [-0.2, 0) is 0 Å². The normalized spacial score (nSPS) is 13.7. The predicted octanol–water partition coefficient (Wildman–Crippen LogP) is 4.33. The van der Waals surface area contributed by atoms with E-state index in [2.05, 4.69) is 10.3 Å². The van der Waals surface area contributed by atoms with Crippen LogP contribution in [0.15, 0.2) is 36.5 Å². The molecule has 1 aliphatic rings. The van der Waals surface area contributed by atoms with Gasteiger partial charge in [0.1, 0.15) is 5.82 Å². The highest BCUT2D eigenvalue weighted by molar-refractivity contribution is 7.99. The van der Waals surface area contributed by atoms with Gasteiger partial charge in [-0.2, -0.15) is 11.8 Å². The minimum Gasteiger partial charge on any atom is -0.493 e. The number of pyridine rings is 1. The number of thioether (sulfide) groups is 1. The maximum atomic E-state index is 14.2. The molecule has 0 aliphatic carbocycles. The summed E-state index contributed by atoms with van der Waals surface area (Å²) in [6.07, 6.45) is 1.55. The number of ether oxygens (including phenoxy) is 3. The lowest BCUT2D eigenvalue weighted by Gasteiger charge is -2.27. The van der Waals surface area contributed by atoms with Gasteiger partial charge >= 0.3 is 0 Å². The summed E-state index contributed by atoms with van der Waals surface area (Å²) in [6.45, 7) is 1.32. The number of benzene rings is 2. The van der Waals surface area contributed by atoms with Crippen molar-refractivity contribution in [3.8, 4) is 17.2 Å². The third-order valence-electron chi connectivity index (χ3n) is 5.29. The van der Waals surface area contributed by atoms with Crippen molar-refractivity contribution in [2.45, 2.75) is 0 Å². The van der Waals surface area contributed by atoms with Crippen molar-refractivity contribution in [3.63, 3.8) is 0 Å². The summed E-state index contributed by atoms with van der Waals surface area (Å²) >= 11 is 1.82. The smallest absolute Gasteiger partial charge is 0.257 e. The van der Waals surface area contributed by atoms with Crippen LogP contribution in [0.1, 0.15) is 10.4 Å². The van der Waals surface area contributed by atoms with Crippen molar-refractivity contribution in [1.82, 2.24) is 9.88 Å². The minimum atomic E-state index is -0.411. The molecule has 1 amide bonds.